The Kier molecular flexibility index (Phi) is 4.92. The highest BCUT2D eigenvalue weighted by atomic mass is 19.1. The summed E-state index contributed by atoms with van der Waals surface area (Å²) >= 11 is 0. The quantitative estimate of drug-likeness (QED) is 0.855. The fourth-order valence-corrected chi connectivity index (χ4v) is 3.27. The van der Waals surface area contributed by atoms with Gasteiger partial charge in [-0.2, -0.15) is 0 Å². The number of piperidine rings is 1. The lowest BCUT2D eigenvalue weighted by molar-refractivity contribution is 0.0661. The summed E-state index contributed by atoms with van der Waals surface area (Å²) in [5.41, 5.74) is 0.476. The van der Waals surface area contributed by atoms with Crippen molar-refractivity contribution in [2.24, 2.45) is 5.92 Å². The Morgan fingerprint density at radius 3 is 2.79 bits per heavy atom. The summed E-state index contributed by atoms with van der Waals surface area (Å²) in [7, 11) is 0. The molecule has 0 saturated carbocycles. The van der Waals surface area contributed by atoms with Gasteiger partial charge >= 0.3 is 0 Å². The van der Waals surface area contributed by atoms with Crippen LogP contribution in [0.1, 0.15) is 41.1 Å². The SMILES string of the molecule is Cc1ocnc1C(=O)N1CCC[C@@H](CCc2c(F)cccc2F)C1. The maximum absolute atomic E-state index is 13.7. The molecule has 2 heterocycles. The molecule has 128 valence electrons. The smallest absolute Gasteiger partial charge is 0.276 e. The van der Waals surface area contributed by atoms with Crippen molar-refractivity contribution in [3.8, 4) is 0 Å². The summed E-state index contributed by atoms with van der Waals surface area (Å²) in [6.45, 7) is 2.97. The van der Waals surface area contributed by atoms with Gasteiger partial charge in [-0.3, -0.25) is 4.79 Å². The Labute approximate surface area is 139 Å². The van der Waals surface area contributed by atoms with E-state index in [2.05, 4.69) is 4.98 Å². The molecule has 6 heteroatoms. The molecule has 1 fully saturated rings. The van der Waals surface area contributed by atoms with E-state index in [0.717, 1.165) is 12.8 Å². The minimum Gasteiger partial charge on any atom is -0.448 e. The first-order chi connectivity index (χ1) is 11.6. The predicted octanol–water partition coefficient (Wildman–Crippen LogP) is 3.75. The van der Waals surface area contributed by atoms with Gasteiger partial charge in [0.05, 0.1) is 0 Å². The summed E-state index contributed by atoms with van der Waals surface area (Å²) in [5.74, 6) is -0.401. The number of nitrogens with zero attached hydrogens (tertiary/aromatic N) is 2. The van der Waals surface area contributed by atoms with Crippen molar-refractivity contribution in [2.45, 2.75) is 32.6 Å². The van der Waals surface area contributed by atoms with Gasteiger partial charge in [0.25, 0.3) is 5.91 Å². The highest BCUT2D eigenvalue weighted by Gasteiger charge is 2.27. The number of hydrogen-bond acceptors (Lipinski definition) is 3. The molecule has 0 radical (unpaired) electrons. The third-order valence-electron chi connectivity index (χ3n) is 4.62. The minimum absolute atomic E-state index is 0.133. The molecule has 1 aromatic heterocycles. The molecule has 1 amide bonds. The van der Waals surface area contributed by atoms with E-state index in [-0.39, 0.29) is 17.4 Å². The first-order valence-corrected chi connectivity index (χ1v) is 8.18. The Morgan fingerprint density at radius 1 is 1.38 bits per heavy atom. The van der Waals surface area contributed by atoms with E-state index in [1.807, 2.05) is 0 Å². The van der Waals surface area contributed by atoms with Crippen LogP contribution in [0.15, 0.2) is 29.0 Å². The molecule has 0 bridgehead atoms. The normalized spacial score (nSPS) is 18.0. The standard InChI is InChI=1S/C18H20F2N2O2/c1-12-17(21-11-24-12)18(23)22-9-3-4-13(10-22)7-8-14-15(19)5-2-6-16(14)20/h2,5-6,11,13H,3-4,7-10H2,1H3/t13-/m0/s1. The van der Waals surface area contributed by atoms with Crippen LogP contribution < -0.4 is 0 Å². The molecule has 1 aliphatic heterocycles. The largest absolute Gasteiger partial charge is 0.448 e. The van der Waals surface area contributed by atoms with E-state index in [4.69, 9.17) is 4.42 Å². The first kappa shape index (κ1) is 16.6. The van der Waals surface area contributed by atoms with Crippen molar-refractivity contribution in [1.82, 2.24) is 9.88 Å². The lowest BCUT2D eigenvalue weighted by Crippen LogP contribution is -2.40. The third kappa shape index (κ3) is 3.47. The Balaban J connectivity index is 1.62. The number of aryl methyl sites for hydroxylation is 1. The van der Waals surface area contributed by atoms with Crippen molar-refractivity contribution in [2.75, 3.05) is 13.1 Å². The van der Waals surface area contributed by atoms with Gasteiger partial charge < -0.3 is 9.32 Å². The van der Waals surface area contributed by atoms with Crippen LogP contribution in [0.4, 0.5) is 8.78 Å². The zero-order valence-electron chi connectivity index (χ0n) is 13.6. The maximum atomic E-state index is 13.7. The fourth-order valence-electron chi connectivity index (χ4n) is 3.27. The molecule has 1 atom stereocenters. The van der Waals surface area contributed by atoms with Gasteiger partial charge in [0, 0.05) is 18.7 Å². The number of amides is 1. The van der Waals surface area contributed by atoms with Gasteiger partial charge in [0.1, 0.15) is 17.4 Å². The van der Waals surface area contributed by atoms with E-state index < -0.39 is 11.6 Å². The molecule has 4 nitrogen and oxygen atoms in total. The van der Waals surface area contributed by atoms with Gasteiger partial charge in [-0.25, -0.2) is 13.8 Å². The van der Waals surface area contributed by atoms with Gasteiger partial charge in [-0.05, 0) is 50.7 Å². The number of rotatable bonds is 4. The molecule has 24 heavy (non-hydrogen) atoms. The number of benzene rings is 1. The number of likely N-dealkylation sites (tertiary alicyclic amines) is 1. The van der Waals surface area contributed by atoms with Gasteiger partial charge in [-0.15, -0.1) is 0 Å². The van der Waals surface area contributed by atoms with Crippen LogP contribution in [0.2, 0.25) is 0 Å². The molecule has 1 aliphatic rings. The average Bonchev–Trinajstić information content (AvgIpc) is 3.00. The molecular weight excluding hydrogens is 314 g/mol. The lowest BCUT2D eigenvalue weighted by atomic mass is 9.91. The van der Waals surface area contributed by atoms with Gasteiger partial charge in [-0.1, -0.05) is 6.07 Å². The Bertz CT molecular complexity index is 709. The molecule has 2 aromatic rings. The van der Waals surface area contributed by atoms with E-state index >= 15 is 0 Å². The van der Waals surface area contributed by atoms with Crippen molar-refractivity contribution in [3.63, 3.8) is 0 Å². The van der Waals surface area contributed by atoms with E-state index in [1.54, 1.807) is 11.8 Å². The molecule has 0 spiro atoms. The summed E-state index contributed by atoms with van der Waals surface area (Å²) in [6.07, 6.45) is 4.10. The predicted molar refractivity (Wildman–Crippen MR) is 84.5 cm³/mol. The molecule has 3 rings (SSSR count). The van der Waals surface area contributed by atoms with Gasteiger partial charge in [0.15, 0.2) is 12.1 Å². The van der Waals surface area contributed by atoms with E-state index in [0.29, 0.717) is 37.4 Å². The van der Waals surface area contributed by atoms with Crippen LogP contribution in [0, 0.1) is 24.5 Å². The second kappa shape index (κ2) is 7.11. The van der Waals surface area contributed by atoms with Crippen molar-refractivity contribution in [3.05, 3.63) is 53.2 Å². The summed E-state index contributed by atoms with van der Waals surface area (Å²) in [5, 5.41) is 0. The summed E-state index contributed by atoms with van der Waals surface area (Å²) < 4.78 is 32.5. The number of carbonyl (C=O) groups excluding carboxylic acids is 1. The molecule has 1 saturated heterocycles. The van der Waals surface area contributed by atoms with Crippen molar-refractivity contribution < 1.29 is 18.0 Å². The molecule has 0 unspecified atom stereocenters. The summed E-state index contributed by atoms with van der Waals surface area (Å²) in [4.78, 5) is 18.2. The number of aromatic nitrogens is 1. The molecule has 0 N–H and O–H groups in total. The van der Waals surface area contributed by atoms with Crippen molar-refractivity contribution in [1.29, 1.82) is 0 Å². The highest BCUT2D eigenvalue weighted by molar-refractivity contribution is 5.93. The molecule has 1 aromatic carbocycles. The number of carbonyl (C=O) groups is 1. The van der Waals surface area contributed by atoms with Gasteiger partial charge in [0.2, 0.25) is 0 Å². The topological polar surface area (TPSA) is 46.3 Å². The van der Waals surface area contributed by atoms with Crippen molar-refractivity contribution >= 4 is 5.91 Å². The van der Waals surface area contributed by atoms with Crippen LogP contribution in [0.25, 0.3) is 0 Å². The number of halogens is 2. The van der Waals surface area contributed by atoms with E-state index in [9.17, 15) is 13.6 Å². The Hall–Kier alpha value is -2.24. The van der Waals surface area contributed by atoms with Crippen LogP contribution in [-0.4, -0.2) is 28.9 Å². The zero-order chi connectivity index (χ0) is 17.1. The number of oxazole rings is 1. The minimum atomic E-state index is -0.503. The second-order valence-corrected chi connectivity index (χ2v) is 6.26. The van der Waals surface area contributed by atoms with Crippen LogP contribution in [-0.2, 0) is 6.42 Å². The molecule has 0 aliphatic carbocycles. The third-order valence-corrected chi connectivity index (χ3v) is 4.62. The van der Waals surface area contributed by atoms with Crippen LogP contribution in [0.3, 0.4) is 0 Å². The second-order valence-electron chi connectivity index (χ2n) is 6.26. The fraction of sp³-hybridized carbons (Fsp3) is 0.444. The summed E-state index contributed by atoms with van der Waals surface area (Å²) in [6, 6.07) is 3.93. The van der Waals surface area contributed by atoms with Crippen LogP contribution in [0.5, 0.6) is 0 Å². The first-order valence-electron chi connectivity index (χ1n) is 8.18. The zero-order valence-corrected chi connectivity index (χ0v) is 13.6. The van der Waals surface area contributed by atoms with Crippen LogP contribution >= 0.6 is 0 Å². The lowest BCUT2D eigenvalue weighted by Gasteiger charge is -2.32. The monoisotopic (exact) mass is 334 g/mol. The number of hydrogen-bond donors (Lipinski definition) is 0. The maximum Gasteiger partial charge on any atom is 0.276 e. The highest BCUT2D eigenvalue weighted by Crippen LogP contribution is 2.24. The average molecular weight is 334 g/mol. The van der Waals surface area contributed by atoms with E-state index in [1.165, 1.54) is 24.6 Å². The Morgan fingerprint density at radius 2 is 2.12 bits per heavy atom. The molecular formula is C18H20F2N2O2.